The summed E-state index contributed by atoms with van der Waals surface area (Å²) in [5, 5.41) is 13.1. The minimum absolute atomic E-state index is 0.117. The summed E-state index contributed by atoms with van der Waals surface area (Å²) in [6.45, 7) is 10.9. The van der Waals surface area contributed by atoms with Gasteiger partial charge in [-0.15, -0.1) is 0 Å². The van der Waals surface area contributed by atoms with Crippen molar-refractivity contribution in [3.05, 3.63) is 53.6 Å². The molecule has 0 aliphatic carbocycles. The Morgan fingerprint density at radius 2 is 1.83 bits per heavy atom. The van der Waals surface area contributed by atoms with E-state index >= 15 is 0 Å². The molecule has 36 heavy (non-hydrogen) atoms. The van der Waals surface area contributed by atoms with Crippen LogP contribution >= 0.6 is 0 Å². The van der Waals surface area contributed by atoms with Crippen molar-refractivity contribution in [3.8, 4) is 11.3 Å². The predicted molar refractivity (Wildman–Crippen MR) is 133 cm³/mol. The van der Waals surface area contributed by atoms with Gasteiger partial charge in [-0.2, -0.15) is 5.10 Å². The maximum absolute atomic E-state index is 13.1. The number of hydrogen-bond acceptors (Lipinski definition) is 6. The molecule has 10 heteroatoms. The van der Waals surface area contributed by atoms with E-state index in [1.54, 1.807) is 22.8 Å². The molecule has 0 bridgehead atoms. The minimum atomic E-state index is -0.960. The molecule has 3 heterocycles. The Labute approximate surface area is 209 Å². The number of likely N-dealkylation sites (N-methyl/N-ethyl adjacent to an activating group) is 1. The number of benzene rings is 1. The number of carboxylic acid groups (broad SMARTS) is 1. The maximum Gasteiger partial charge on any atom is 0.323 e. The van der Waals surface area contributed by atoms with Gasteiger partial charge in [0, 0.05) is 24.2 Å². The number of aldehydes is 1. The Bertz CT molecular complexity index is 1280. The molecule has 192 valence electrons. The van der Waals surface area contributed by atoms with Crippen molar-refractivity contribution in [2.45, 2.75) is 45.6 Å². The average molecular weight is 498 g/mol. The second-order valence-electron chi connectivity index (χ2n) is 10.4. The quantitative estimate of drug-likeness (QED) is 0.551. The number of halogens is 1. The van der Waals surface area contributed by atoms with E-state index in [-0.39, 0.29) is 23.7 Å². The Morgan fingerprint density at radius 3 is 2.39 bits per heavy atom. The minimum Gasteiger partial charge on any atom is -0.480 e. The molecule has 1 aliphatic rings. The van der Waals surface area contributed by atoms with Gasteiger partial charge in [0.15, 0.2) is 11.9 Å². The highest BCUT2D eigenvalue weighted by Crippen LogP contribution is 2.29. The summed E-state index contributed by atoms with van der Waals surface area (Å²) in [7, 11) is 1.87. The molecule has 1 aliphatic heterocycles. The molecular weight excluding hydrogens is 465 g/mol. The molecule has 0 saturated carbocycles. The number of hydrogen-bond donors (Lipinski definition) is 1. The Hall–Kier alpha value is -3.66. The van der Waals surface area contributed by atoms with Crippen LogP contribution in [0.3, 0.4) is 0 Å². The normalized spacial score (nSPS) is 16.0. The molecule has 0 radical (unpaired) electrons. The predicted octanol–water partition coefficient (Wildman–Crippen LogP) is 3.27. The Balaban J connectivity index is 0.000000223. The van der Waals surface area contributed by atoms with Gasteiger partial charge in [-0.05, 0) is 56.6 Å². The smallest absolute Gasteiger partial charge is 0.323 e. The molecule has 1 amide bonds. The van der Waals surface area contributed by atoms with E-state index in [0.717, 1.165) is 11.1 Å². The van der Waals surface area contributed by atoms with Crippen LogP contribution in [0, 0.1) is 5.82 Å². The molecule has 0 atom stereocenters. The highest BCUT2D eigenvalue weighted by Gasteiger charge is 2.40. The summed E-state index contributed by atoms with van der Waals surface area (Å²) < 4.78 is 14.7. The van der Waals surface area contributed by atoms with E-state index in [1.807, 2.05) is 31.9 Å². The maximum atomic E-state index is 13.1. The highest BCUT2D eigenvalue weighted by atomic mass is 19.1. The van der Waals surface area contributed by atoms with Crippen molar-refractivity contribution in [3.63, 3.8) is 0 Å². The third kappa shape index (κ3) is 5.76. The summed E-state index contributed by atoms with van der Waals surface area (Å²) in [6.07, 6.45) is 2.31. The largest absolute Gasteiger partial charge is 0.480 e. The fourth-order valence-electron chi connectivity index (χ4n) is 3.88. The van der Waals surface area contributed by atoms with Gasteiger partial charge in [0.2, 0.25) is 5.91 Å². The van der Waals surface area contributed by atoms with Crippen LogP contribution in [0.1, 0.15) is 50.7 Å². The lowest BCUT2D eigenvalue weighted by Gasteiger charge is -2.43. The van der Waals surface area contributed by atoms with Crippen molar-refractivity contribution in [2.24, 2.45) is 0 Å². The molecule has 0 spiro atoms. The van der Waals surface area contributed by atoms with Gasteiger partial charge in [-0.25, -0.2) is 13.9 Å². The molecule has 3 aromatic rings. The molecule has 0 unspecified atom stereocenters. The lowest BCUT2D eigenvalue weighted by Crippen LogP contribution is -2.62. The standard InChI is InChI=1S/C17H16FN3O.C9H16N2O3/c1-17(2,3)14-8-15(11-4-6-12(18)7-5-11)20-21-9-13(10-22)19-16(14)21;1-9(2)8(14)11(6-7(12)13)5-4-10(9)3/h4-10H,1-3H3;4-6H2,1-3H3,(H,12,13). The molecule has 2 aromatic heterocycles. The number of carboxylic acids is 1. The number of carbonyl (C=O) groups is 3. The highest BCUT2D eigenvalue weighted by molar-refractivity contribution is 5.88. The van der Waals surface area contributed by atoms with Crippen molar-refractivity contribution in [1.29, 1.82) is 0 Å². The van der Waals surface area contributed by atoms with Crippen LogP contribution in [0.5, 0.6) is 0 Å². The lowest BCUT2D eigenvalue weighted by molar-refractivity contribution is -0.154. The number of imidazole rings is 1. The molecule has 1 fully saturated rings. The van der Waals surface area contributed by atoms with Gasteiger partial charge in [-0.1, -0.05) is 20.8 Å². The van der Waals surface area contributed by atoms with Crippen molar-refractivity contribution in [1.82, 2.24) is 24.4 Å². The SMILES string of the molecule is CC(C)(C)c1cc(-c2ccc(F)cc2)nn2cc(C=O)nc12.CN1CCN(CC(=O)O)C(=O)C1(C)C. The second-order valence-corrected chi connectivity index (χ2v) is 10.4. The van der Waals surface area contributed by atoms with Crippen LogP contribution in [0.25, 0.3) is 16.9 Å². The zero-order chi connectivity index (χ0) is 26.8. The lowest BCUT2D eigenvalue weighted by atomic mass is 9.87. The number of amides is 1. The van der Waals surface area contributed by atoms with Crippen molar-refractivity contribution < 1.29 is 23.9 Å². The van der Waals surface area contributed by atoms with Gasteiger partial charge >= 0.3 is 5.97 Å². The van der Waals surface area contributed by atoms with Gasteiger partial charge < -0.3 is 10.0 Å². The van der Waals surface area contributed by atoms with E-state index in [9.17, 15) is 18.8 Å². The number of carbonyl (C=O) groups excluding carboxylic acids is 2. The van der Waals surface area contributed by atoms with Gasteiger partial charge in [-0.3, -0.25) is 19.3 Å². The number of aliphatic carboxylic acids is 1. The number of nitrogens with zero attached hydrogens (tertiary/aromatic N) is 5. The van der Waals surface area contributed by atoms with E-state index in [4.69, 9.17) is 5.11 Å². The van der Waals surface area contributed by atoms with E-state index in [1.165, 1.54) is 17.0 Å². The summed E-state index contributed by atoms with van der Waals surface area (Å²) in [6, 6.07) is 8.14. The second kappa shape index (κ2) is 10.1. The zero-order valence-electron chi connectivity index (χ0n) is 21.4. The fourth-order valence-corrected chi connectivity index (χ4v) is 3.88. The van der Waals surface area contributed by atoms with Gasteiger partial charge in [0.1, 0.15) is 18.1 Å². The van der Waals surface area contributed by atoms with Crippen LogP contribution in [0.15, 0.2) is 36.5 Å². The summed E-state index contributed by atoms with van der Waals surface area (Å²) in [5.41, 5.74) is 2.77. The van der Waals surface area contributed by atoms with Crippen molar-refractivity contribution in [2.75, 3.05) is 26.7 Å². The first-order valence-corrected chi connectivity index (χ1v) is 11.6. The van der Waals surface area contributed by atoms with Crippen LogP contribution in [-0.2, 0) is 15.0 Å². The van der Waals surface area contributed by atoms with E-state index < -0.39 is 11.5 Å². The first kappa shape index (κ1) is 26.9. The molecule has 9 nitrogen and oxygen atoms in total. The zero-order valence-corrected chi connectivity index (χ0v) is 21.4. The Morgan fingerprint density at radius 1 is 1.19 bits per heavy atom. The summed E-state index contributed by atoms with van der Waals surface area (Å²) in [5.74, 6) is -1.36. The fraction of sp³-hybridized carbons (Fsp3) is 0.423. The van der Waals surface area contributed by atoms with E-state index in [2.05, 4.69) is 30.9 Å². The molecule has 4 rings (SSSR count). The topological polar surface area (TPSA) is 108 Å². The first-order valence-electron chi connectivity index (χ1n) is 11.6. The first-order chi connectivity index (χ1) is 16.7. The van der Waals surface area contributed by atoms with Crippen LogP contribution in [0.4, 0.5) is 4.39 Å². The summed E-state index contributed by atoms with van der Waals surface area (Å²) >= 11 is 0. The molecule has 1 N–H and O–H groups in total. The third-order valence-corrected chi connectivity index (χ3v) is 6.31. The van der Waals surface area contributed by atoms with Crippen LogP contribution < -0.4 is 0 Å². The number of rotatable bonds is 4. The number of aromatic nitrogens is 3. The number of piperazine rings is 1. The third-order valence-electron chi connectivity index (χ3n) is 6.31. The van der Waals surface area contributed by atoms with E-state index in [0.29, 0.717) is 36.4 Å². The monoisotopic (exact) mass is 497 g/mol. The molecular formula is C26H32FN5O4. The van der Waals surface area contributed by atoms with Crippen molar-refractivity contribution >= 4 is 23.8 Å². The van der Waals surface area contributed by atoms with Crippen LogP contribution in [-0.4, -0.2) is 79.9 Å². The Kier molecular flexibility index (Phi) is 7.59. The summed E-state index contributed by atoms with van der Waals surface area (Å²) in [4.78, 5) is 40.9. The van der Waals surface area contributed by atoms with Crippen LogP contribution in [0.2, 0.25) is 0 Å². The molecule has 1 aromatic carbocycles. The van der Waals surface area contributed by atoms with Gasteiger partial charge in [0.05, 0.1) is 17.4 Å². The number of fused-ring (bicyclic) bond motifs is 1. The average Bonchev–Trinajstić information content (AvgIpc) is 3.22. The molecule has 1 saturated heterocycles. The van der Waals surface area contributed by atoms with Gasteiger partial charge in [0.25, 0.3) is 0 Å².